The highest BCUT2D eigenvalue weighted by atomic mass is 14.9. The average Bonchev–Trinajstić information content (AvgIpc) is 2.63. The summed E-state index contributed by atoms with van der Waals surface area (Å²) in [5.74, 6) is 2.79. The first-order valence-corrected chi connectivity index (χ1v) is 6.83. The van der Waals surface area contributed by atoms with Crippen molar-refractivity contribution in [3.8, 4) is 0 Å². The maximum Gasteiger partial charge on any atom is 0.00104 e. The van der Waals surface area contributed by atoms with Crippen molar-refractivity contribution >= 4 is 0 Å². The summed E-state index contributed by atoms with van der Waals surface area (Å²) in [6.45, 7) is 10.5. The van der Waals surface area contributed by atoms with Crippen LogP contribution in [0.3, 0.4) is 0 Å². The first-order valence-electron chi connectivity index (χ1n) is 6.83. The summed E-state index contributed by atoms with van der Waals surface area (Å²) in [7, 11) is 0. The third-order valence-corrected chi connectivity index (χ3v) is 3.63. The summed E-state index contributed by atoms with van der Waals surface area (Å²) in [5, 5.41) is 3.63. The Morgan fingerprint density at radius 2 is 1.67 bits per heavy atom. The number of hydrogen-bond donors (Lipinski definition) is 1. The van der Waals surface area contributed by atoms with Crippen LogP contribution in [-0.2, 0) is 0 Å². The molecule has 0 saturated heterocycles. The Bertz CT molecular complexity index is 157. The molecule has 0 aromatic rings. The lowest BCUT2D eigenvalue weighted by atomic mass is 9.84. The first kappa shape index (κ1) is 13.0. The van der Waals surface area contributed by atoms with E-state index in [4.69, 9.17) is 0 Å². The minimum absolute atomic E-state index is 0.640. The van der Waals surface area contributed by atoms with Gasteiger partial charge < -0.3 is 5.32 Å². The standard InChI is InChI=1S/C14H29N/c1-11(2)9-14(10-15-12(3)4)13-7-5-6-8-13/h11-15H,5-10H2,1-4H3. The average molecular weight is 211 g/mol. The predicted octanol–water partition coefficient (Wildman–Crippen LogP) is 3.84. The Labute approximate surface area is 96.0 Å². The maximum atomic E-state index is 3.63. The van der Waals surface area contributed by atoms with E-state index in [1.54, 1.807) is 0 Å². The SMILES string of the molecule is CC(C)CC(CNC(C)C)C1CCCC1. The van der Waals surface area contributed by atoms with Gasteiger partial charge in [0.2, 0.25) is 0 Å². The van der Waals surface area contributed by atoms with Crippen molar-refractivity contribution in [2.24, 2.45) is 17.8 Å². The van der Waals surface area contributed by atoms with Gasteiger partial charge in [-0.15, -0.1) is 0 Å². The lowest BCUT2D eigenvalue weighted by Crippen LogP contribution is -2.32. The molecule has 0 radical (unpaired) electrons. The van der Waals surface area contributed by atoms with Crippen molar-refractivity contribution in [1.29, 1.82) is 0 Å². The Kier molecular flexibility index (Phi) is 5.66. The van der Waals surface area contributed by atoms with E-state index in [1.807, 2.05) is 0 Å². The third-order valence-electron chi connectivity index (χ3n) is 3.63. The minimum Gasteiger partial charge on any atom is -0.314 e. The van der Waals surface area contributed by atoms with Crippen molar-refractivity contribution < 1.29 is 0 Å². The highest BCUT2D eigenvalue weighted by molar-refractivity contribution is 4.78. The fraction of sp³-hybridized carbons (Fsp3) is 1.00. The number of nitrogens with one attached hydrogen (secondary N) is 1. The molecule has 1 heteroatoms. The lowest BCUT2D eigenvalue weighted by molar-refractivity contribution is 0.268. The largest absolute Gasteiger partial charge is 0.314 e. The van der Waals surface area contributed by atoms with Gasteiger partial charge in [-0.25, -0.2) is 0 Å². The second-order valence-corrected chi connectivity index (χ2v) is 6.00. The molecule has 90 valence electrons. The molecule has 1 atom stereocenters. The lowest BCUT2D eigenvalue weighted by Gasteiger charge is -2.26. The van der Waals surface area contributed by atoms with Crippen molar-refractivity contribution in [2.45, 2.75) is 65.8 Å². The van der Waals surface area contributed by atoms with Crippen LogP contribution in [0.2, 0.25) is 0 Å². The Morgan fingerprint density at radius 1 is 1.07 bits per heavy atom. The van der Waals surface area contributed by atoms with Crippen LogP contribution >= 0.6 is 0 Å². The summed E-state index contributed by atoms with van der Waals surface area (Å²) in [6.07, 6.45) is 7.32. The topological polar surface area (TPSA) is 12.0 Å². The molecule has 1 rings (SSSR count). The van der Waals surface area contributed by atoms with Crippen molar-refractivity contribution in [2.75, 3.05) is 6.54 Å². The molecule has 0 spiro atoms. The summed E-state index contributed by atoms with van der Waals surface area (Å²) in [5.41, 5.74) is 0. The third kappa shape index (κ3) is 5.01. The fourth-order valence-electron chi connectivity index (χ4n) is 2.86. The van der Waals surface area contributed by atoms with Gasteiger partial charge in [0.15, 0.2) is 0 Å². The summed E-state index contributed by atoms with van der Waals surface area (Å²) in [4.78, 5) is 0. The van der Waals surface area contributed by atoms with Crippen LogP contribution in [0.1, 0.15) is 59.8 Å². The van der Waals surface area contributed by atoms with Gasteiger partial charge in [0.25, 0.3) is 0 Å². The summed E-state index contributed by atoms with van der Waals surface area (Å²) < 4.78 is 0. The molecular formula is C14H29N. The zero-order valence-corrected chi connectivity index (χ0v) is 11.1. The van der Waals surface area contributed by atoms with Crippen LogP contribution in [0.15, 0.2) is 0 Å². The van der Waals surface area contributed by atoms with Gasteiger partial charge in [-0.3, -0.25) is 0 Å². The smallest absolute Gasteiger partial charge is 0.00104 e. The van der Waals surface area contributed by atoms with E-state index in [0.717, 1.165) is 17.8 Å². The van der Waals surface area contributed by atoms with Crippen LogP contribution in [0.4, 0.5) is 0 Å². The Balaban J connectivity index is 2.37. The maximum absolute atomic E-state index is 3.63. The molecule has 1 unspecified atom stereocenters. The molecule has 0 heterocycles. The molecule has 1 saturated carbocycles. The van der Waals surface area contributed by atoms with Crippen LogP contribution < -0.4 is 5.32 Å². The molecule has 1 aliphatic rings. The molecule has 0 amide bonds. The Hall–Kier alpha value is -0.0400. The number of hydrogen-bond acceptors (Lipinski definition) is 1. The molecule has 0 aromatic carbocycles. The quantitative estimate of drug-likeness (QED) is 0.704. The molecule has 0 bridgehead atoms. The highest BCUT2D eigenvalue weighted by Crippen LogP contribution is 2.34. The van der Waals surface area contributed by atoms with Crippen molar-refractivity contribution in [3.63, 3.8) is 0 Å². The first-order chi connectivity index (χ1) is 7.09. The van der Waals surface area contributed by atoms with Gasteiger partial charge in [-0.1, -0.05) is 53.4 Å². The molecule has 1 aliphatic carbocycles. The molecule has 0 aliphatic heterocycles. The number of rotatable bonds is 6. The van der Waals surface area contributed by atoms with Crippen LogP contribution in [-0.4, -0.2) is 12.6 Å². The van der Waals surface area contributed by atoms with Gasteiger partial charge in [0, 0.05) is 6.04 Å². The minimum atomic E-state index is 0.640. The fourth-order valence-corrected chi connectivity index (χ4v) is 2.86. The second kappa shape index (κ2) is 6.52. The van der Waals surface area contributed by atoms with Crippen molar-refractivity contribution in [1.82, 2.24) is 5.32 Å². The van der Waals surface area contributed by atoms with E-state index in [2.05, 4.69) is 33.0 Å². The zero-order chi connectivity index (χ0) is 11.3. The van der Waals surface area contributed by atoms with E-state index in [1.165, 1.54) is 38.6 Å². The molecule has 0 aromatic heterocycles. The molecule has 1 nitrogen and oxygen atoms in total. The van der Waals surface area contributed by atoms with E-state index >= 15 is 0 Å². The van der Waals surface area contributed by atoms with Gasteiger partial charge in [0.05, 0.1) is 0 Å². The van der Waals surface area contributed by atoms with Crippen LogP contribution in [0, 0.1) is 17.8 Å². The highest BCUT2D eigenvalue weighted by Gasteiger charge is 2.25. The van der Waals surface area contributed by atoms with E-state index < -0.39 is 0 Å². The van der Waals surface area contributed by atoms with Gasteiger partial charge in [-0.2, -0.15) is 0 Å². The van der Waals surface area contributed by atoms with Gasteiger partial charge in [-0.05, 0) is 30.7 Å². The molecule has 1 fully saturated rings. The molecular weight excluding hydrogens is 182 g/mol. The summed E-state index contributed by atoms with van der Waals surface area (Å²) >= 11 is 0. The molecule has 15 heavy (non-hydrogen) atoms. The van der Waals surface area contributed by atoms with E-state index in [0.29, 0.717) is 6.04 Å². The Morgan fingerprint density at radius 3 is 2.13 bits per heavy atom. The molecule has 1 N–H and O–H groups in total. The van der Waals surface area contributed by atoms with Crippen LogP contribution in [0.25, 0.3) is 0 Å². The van der Waals surface area contributed by atoms with Crippen molar-refractivity contribution in [3.05, 3.63) is 0 Å². The summed E-state index contributed by atoms with van der Waals surface area (Å²) in [6, 6.07) is 0.640. The normalized spacial score (nSPS) is 20.4. The second-order valence-electron chi connectivity index (χ2n) is 6.00. The zero-order valence-electron chi connectivity index (χ0n) is 11.1. The van der Waals surface area contributed by atoms with Gasteiger partial charge in [0.1, 0.15) is 0 Å². The van der Waals surface area contributed by atoms with Gasteiger partial charge >= 0.3 is 0 Å². The predicted molar refractivity (Wildman–Crippen MR) is 68.0 cm³/mol. The van der Waals surface area contributed by atoms with E-state index in [-0.39, 0.29) is 0 Å². The monoisotopic (exact) mass is 211 g/mol. The van der Waals surface area contributed by atoms with Crippen LogP contribution in [0.5, 0.6) is 0 Å². The van der Waals surface area contributed by atoms with E-state index in [9.17, 15) is 0 Å².